The minimum absolute atomic E-state index is 0.0454. The van der Waals surface area contributed by atoms with E-state index in [1.807, 2.05) is 0 Å². The van der Waals surface area contributed by atoms with Gasteiger partial charge in [-0.25, -0.2) is 9.59 Å². The van der Waals surface area contributed by atoms with Crippen molar-refractivity contribution in [2.45, 2.75) is 30.5 Å². The van der Waals surface area contributed by atoms with E-state index < -0.39 is 79.5 Å². The molecular formula is C26H24O13. The van der Waals surface area contributed by atoms with Crippen molar-refractivity contribution in [1.82, 2.24) is 0 Å². The van der Waals surface area contributed by atoms with Gasteiger partial charge in [0.2, 0.25) is 0 Å². The molecule has 2 aliphatic heterocycles. The number of cyclic esters (lactones) is 1. The van der Waals surface area contributed by atoms with E-state index >= 15 is 0 Å². The van der Waals surface area contributed by atoms with Gasteiger partial charge in [-0.1, -0.05) is 6.08 Å². The molecule has 0 radical (unpaired) electrons. The summed E-state index contributed by atoms with van der Waals surface area (Å²) in [5.74, 6) is -3.73. The molecule has 3 heterocycles. The Kier molecular flexibility index (Phi) is 6.92. The van der Waals surface area contributed by atoms with Crippen LogP contribution in [-0.4, -0.2) is 98.0 Å². The van der Waals surface area contributed by atoms with Gasteiger partial charge in [0.25, 0.3) is 0 Å². The fourth-order valence-electron chi connectivity index (χ4n) is 4.75. The molecule has 13 heteroatoms. The monoisotopic (exact) mass is 544 g/mol. The highest BCUT2D eigenvalue weighted by atomic mass is 16.6. The van der Waals surface area contributed by atoms with Crippen LogP contribution in [-0.2, 0) is 14.2 Å². The van der Waals surface area contributed by atoms with Gasteiger partial charge < -0.3 is 54.4 Å². The second kappa shape index (κ2) is 10.2. The van der Waals surface area contributed by atoms with Crippen molar-refractivity contribution in [2.75, 3.05) is 19.8 Å². The Morgan fingerprint density at radius 1 is 0.949 bits per heavy atom. The zero-order chi connectivity index (χ0) is 28.0. The summed E-state index contributed by atoms with van der Waals surface area (Å²) >= 11 is 0. The fraction of sp³-hybridized carbons (Fsp3) is 0.308. The number of carbonyl (C=O) groups excluding carboxylic acids is 2. The third-order valence-electron chi connectivity index (χ3n) is 6.69. The Hall–Kier alpha value is -4.14. The van der Waals surface area contributed by atoms with Crippen LogP contribution in [0.5, 0.6) is 17.2 Å². The molecule has 5 unspecified atom stereocenters. The molecule has 0 saturated carbocycles. The molecule has 1 fully saturated rings. The minimum atomic E-state index is -1.78. The summed E-state index contributed by atoms with van der Waals surface area (Å²) in [6, 6.07) is 5.90. The number of aliphatic hydroxyl groups excluding tert-OH is 4. The quantitative estimate of drug-likeness (QED) is 0.134. The lowest BCUT2D eigenvalue weighted by Crippen LogP contribution is -2.60. The number of benzene rings is 2. The van der Waals surface area contributed by atoms with Gasteiger partial charge in [-0.2, -0.15) is 0 Å². The predicted octanol–water partition coefficient (Wildman–Crippen LogP) is 0.313. The molecule has 5 atom stereocenters. The summed E-state index contributed by atoms with van der Waals surface area (Å²) < 4.78 is 22.5. The average Bonchev–Trinajstić information content (AvgIpc) is 3.32. The lowest BCUT2D eigenvalue weighted by Gasteiger charge is -2.42. The van der Waals surface area contributed by atoms with Gasteiger partial charge in [0.15, 0.2) is 28.9 Å². The van der Waals surface area contributed by atoms with Crippen LogP contribution in [0.15, 0.2) is 46.4 Å². The van der Waals surface area contributed by atoms with Crippen molar-refractivity contribution in [3.8, 4) is 28.6 Å². The van der Waals surface area contributed by atoms with Crippen LogP contribution in [0, 0.1) is 0 Å². The summed E-state index contributed by atoms with van der Waals surface area (Å²) in [5, 5.41) is 70.5. The van der Waals surface area contributed by atoms with Gasteiger partial charge in [-0.15, -0.1) is 0 Å². The van der Waals surface area contributed by atoms with Crippen LogP contribution < -0.4 is 0 Å². The molecule has 0 spiro atoms. The third kappa shape index (κ3) is 4.45. The molecule has 0 bridgehead atoms. The number of aliphatic hydroxyl groups is 4. The number of carbonyl (C=O) groups is 2. The number of phenols is 3. The SMILES string of the molecule is O=C1OCC2OC(C(=CCO)CO)C(O)C(O)C2OC(=O)c2c(-c3ccc(O)c(O)c3)oc3c(O)ccc1c23. The molecule has 39 heavy (non-hydrogen) atoms. The first-order valence-electron chi connectivity index (χ1n) is 11.8. The highest BCUT2D eigenvalue weighted by molar-refractivity contribution is 6.17. The molecular weight excluding hydrogens is 520 g/mol. The number of aromatic hydroxyl groups is 3. The van der Waals surface area contributed by atoms with Crippen LogP contribution >= 0.6 is 0 Å². The summed E-state index contributed by atoms with van der Waals surface area (Å²) in [4.78, 5) is 26.8. The van der Waals surface area contributed by atoms with E-state index in [4.69, 9.17) is 18.6 Å². The molecule has 1 aromatic heterocycles. The number of fused-ring (bicyclic) bond motifs is 1. The topological polar surface area (TPSA) is 217 Å². The molecule has 5 rings (SSSR count). The summed E-state index contributed by atoms with van der Waals surface area (Å²) in [6.07, 6.45) is -6.51. The van der Waals surface area contributed by atoms with Crippen molar-refractivity contribution >= 4 is 22.9 Å². The van der Waals surface area contributed by atoms with Gasteiger partial charge in [0, 0.05) is 5.56 Å². The largest absolute Gasteiger partial charge is 0.504 e. The van der Waals surface area contributed by atoms with Gasteiger partial charge in [0.05, 0.1) is 24.2 Å². The highest BCUT2D eigenvalue weighted by Gasteiger charge is 2.49. The van der Waals surface area contributed by atoms with Crippen LogP contribution in [0.1, 0.15) is 20.7 Å². The number of esters is 2. The van der Waals surface area contributed by atoms with Crippen molar-refractivity contribution < 1.29 is 64.0 Å². The van der Waals surface area contributed by atoms with E-state index in [2.05, 4.69) is 0 Å². The second-order valence-electron chi connectivity index (χ2n) is 9.01. The van der Waals surface area contributed by atoms with Gasteiger partial charge in [0.1, 0.15) is 42.3 Å². The van der Waals surface area contributed by atoms with Crippen LogP contribution in [0.3, 0.4) is 0 Å². The van der Waals surface area contributed by atoms with Crippen molar-refractivity contribution in [2.24, 2.45) is 0 Å². The maximum atomic E-state index is 13.7. The molecule has 0 amide bonds. The molecule has 2 aliphatic rings. The zero-order valence-corrected chi connectivity index (χ0v) is 20.1. The summed E-state index contributed by atoms with van der Waals surface area (Å²) in [7, 11) is 0. The summed E-state index contributed by atoms with van der Waals surface area (Å²) in [5.41, 5.74) is -0.681. The second-order valence-corrected chi connectivity index (χ2v) is 9.01. The molecule has 7 N–H and O–H groups in total. The van der Waals surface area contributed by atoms with Crippen LogP contribution in [0.25, 0.3) is 22.3 Å². The molecule has 13 nitrogen and oxygen atoms in total. The van der Waals surface area contributed by atoms with E-state index in [1.165, 1.54) is 18.2 Å². The van der Waals surface area contributed by atoms with Gasteiger partial charge in [-0.3, -0.25) is 0 Å². The van der Waals surface area contributed by atoms with E-state index in [9.17, 15) is 45.3 Å². The Morgan fingerprint density at radius 3 is 2.38 bits per heavy atom. The van der Waals surface area contributed by atoms with Gasteiger partial charge in [-0.05, 0) is 35.9 Å². The maximum Gasteiger partial charge on any atom is 0.343 e. The normalized spacial score (nSPS) is 25.6. The molecule has 1 saturated heterocycles. The standard InChI is InChI=1S/C26H24O13/c27-6-5-11(8-28)22-19(32)20(33)24-16(37-22)9-36-25(34)12-2-4-14(30)23-17(12)18(26(35)39-24)21(38-23)10-1-3-13(29)15(31)7-10/h1-5,7,16,19-20,22,24,27-33H,6,8-9H2. The van der Waals surface area contributed by atoms with E-state index in [-0.39, 0.29) is 39.0 Å². The Bertz CT molecular complexity index is 1470. The first-order chi connectivity index (χ1) is 18.7. The molecule has 206 valence electrons. The van der Waals surface area contributed by atoms with Crippen molar-refractivity contribution in [3.63, 3.8) is 0 Å². The lowest BCUT2D eigenvalue weighted by molar-refractivity contribution is -0.220. The fourth-order valence-corrected chi connectivity index (χ4v) is 4.75. The molecule has 0 aliphatic carbocycles. The number of ether oxygens (including phenoxy) is 3. The smallest absolute Gasteiger partial charge is 0.343 e. The zero-order valence-electron chi connectivity index (χ0n) is 20.1. The Morgan fingerprint density at radius 2 is 1.69 bits per heavy atom. The molecule has 3 aromatic rings. The number of furan rings is 1. The minimum Gasteiger partial charge on any atom is -0.504 e. The van der Waals surface area contributed by atoms with Crippen LogP contribution in [0.2, 0.25) is 0 Å². The number of phenolic OH excluding ortho intramolecular Hbond substituents is 3. The summed E-state index contributed by atoms with van der Waals surface area (Å²) in [6.45, 7) is -1.66. The lowest BCUT2D eigenvalue weighted by atomic mass is 9.90. The first kappa shape index (κ1) is 26.5. The van der Waals surface area contributed by atoms with Crippen molar-refractivity contribution in [1.29, 1.82) is 0 Å². The Labute approximate surface area is 219 Å². The van der Waals surface area contributed by atoms with E-state index in [1.54, 1.807) is 0 Å². The van der Waals surface area contributed by atoms with Crippen LogP contribution in [0.4, 0.5) is 0 Å². The number of rotatable bonds is 4. The van der Waals surface area contributed by atoms with Crippen molar-refractivity contribution in [3.05, 3.63) is 53.1 Å². The first-order valence-corrected chi connectivity index (χ1v) is 11.8. The average molecular weight is 544 g/mol. The van der Waals surface area contributed by atoms with Gasteiger partial charge >= 0.3 is 11.9 Å². The highest BCUT2D eigenvalue weighted by Crippen LogP contribution is 2.43. The number of hydrogen-bond acceptors (Lipinski definition) is 13. The Balaban J connectivity index is 1.65. The van der Waals surface area contributed by atoms with E-state index in [0.29, 0.717) is 0 Å². The number of hydrogen-bond donors (Lipinski definition) is 7. The van der Waals surface area contributed by atoms with E-state index in [0.717, 1.165) is 18.2 Å². The predicted molar refractivity (Wildman–Crippen MR) is 129 cm³/mol. The molecule has 2 aromatic carbocycles. The third-order valence-corrected chi connectivity index (χ3v) is 6.69. The maximum absolute atomic E-state index is 13.7.